The van der Waals surface area contributed by atoms with Crippen LogP contribution in [0.5, 0.6) is 5.75 Å². The minimum Gasteiger partial charge on any atom is -0.482 e. The van der Waals surface area contributed by atoms with Crippen molar-refractivity contribution < 1.29 is 24.2 Å². The Morgan fingerprint density at radius 2 is 2.04 bits per heavy atom. The van der Waals surface area contributed by atoms with E-state index in [4.69, 9.17) is 9.84 Å². The lowest BCUT2D eigenvalue weighted by molar-refractivity contribution is -0.140. The number of carboxylic acids is 1. The Balaban J connectivity index is 1.70. The summed E-state index contributed by atoms with van der Waals surface area (Å²) in [5.74, 6) is -1.02. The first-order valence-corrected chi connectivity index (χ1v) is 7.54. The van der Waals surface area contributed by atoms with Crippen LogP contribution in [0.3, 0.4) is 0 Å². The molecule has 0 atom stereocenters. The van der Waals surface area contributed by atoms with Gasteiger partial charge in [0.25, 0.3) is 5.91 Å². The van der Waals surface area contributed by atoms with Crippen LogP contribution in [-0.2, 0) is 14.4 Å². The maximum atomic E-state index is 12.3. The fraction of sp³-hybridized carbons (Fsp3) is 0.438. The molecule has 0 spiro atoms. The van der Waals surface area contributed by atoms with Crippen molar-refractivity contribution >= 4 is 23.5 Å². The van der Waals surface area contributed by atoms with Gasteiger partial charge in [0.1, 0.15) is 12.3 Å². The number of nitrogens with zero attached hydrogens (tertiary/aromatic N) is 1. The van der Waals surface area contributed by atoms with Crippen LogP contribution in [0.1, 0.15) is 25.7 Å². The van der Waals surface area contributed by atoms with Crippen LogP contribution >= 0.6 is 0 Å². The number of nitrogens with one attached hydrogen (secondary N) is 1. The number of benzene rings is 1. The molecule has 0 saturated heterocycles. The summed E-state index contributed by atoms with van der Waals surface area (Å²) in [5.41, 5.74) is -0.114. The molecule has 23 heavy (non-hydrogen) atoms. The summed E-state index contributed by atoms with van der Waals surface area (Å²) in [6.07, 6.45) is 2.11. The smallest absolute Gasteiger partial charge is 0.305 e. The summed E-state index contributed by atoms with van der Waals surface area (Å²) >= 11 is 0. The number of hydrogen-bond donors (Lipinski definition) is 2. The average molecular weight is 318 g/mol. The molecule has 122 valence electrons. The van der Waals surface area contributed by atoms with E-state index in [-0.39, 0.29) is 31.4 Å². The second-order valence-electron chi connectivity index (χ2n) is 5.99. The lowest BCUT2D eigenvalue weighted by atomic mass is 9.74. The highest BCUT2D eigenvalue weighted by molar-refractivity contribution is 6.02. The molecular weight excluding hydrogens is 300 g/mol. The van der Waals surface area contributed by atoms with E-state index in [0.29, 0.717) is 24.3 Å². The van der Waals surface area contributed by atoms with Gasteiger partial charge < -0.3 is 15.2 Å². The number of hydrogen-bond acceptors (Lipinski definition) is 4. The summed E-state index contributed by atoms with van der Waals surface area (Å²) in [6, 6.07) is 7.02. The van der Waals surface area contributed by atoms with Gasteiger partial charge in [-0.05, 0) is 31.4 Å². The van der Waals surface area contributed by atoms with E-state index in [1.165, 1.54) is 4.90 Å². The van der Waals surface area contributed by atoms with Gasteiger partial charge in [-0.2, -0.15) is 0 Å². The summed E-state index contributed by atoms with van der Waals surface area (Å²) in [4.78, 5) is 36.7. The van der Waals surface area contributed by atoms with Crippen LogP contribution < -0.4 is 15.0 Å². The van der Waals surface area contributed by atoms with Gasteiger partial charge >= 0.3 is 5.97 Å². The van der Waals surface area contributed by atoms with Crippen molar-refractivity contribution in [3.05, 3.63) is 24.3 Å². The van der Waals surface area contributed by atoms with E-state index in [9.17, 15) is 14.4 Å². The summed E-state index contributed by atoms with van der Waals surface area (Å²) in [5, 5.41) is 11.8. The SMILES string of the molecule is O=C(O)CC1(NC(=O)CN2C(=O)COc3ccccc32)CCC1. The zero-order valence-corrected chi connectivity index (χ0v) is 12.6. The first kappa shape index (κ1) is 15.3. The molecule has 0 unspecified atom stereocenters. The normalized spacial score (nSPS) is 18.4. The zero-order valence-electron chi connectivity index (χ0n) is 12.6. The van der Waals surface area contributed by atoms with Crippen molar-refractivity contribution in [1.29, 1.82) is 0 Å². The summed E-state index contributed by atoms with van der Waals surface area (Å²) in [7, 11) is 0. The number of carbonyl (C=O) groups excluding carboxylic acids is 2. The van der Waals surface area contributed by atoms with E-state index in [2.05, 4.69) is 5.32 Å². The molecule has 1 saturated carbocycles. The zero-order chi connectivity index (χ0) is 16.4. The van der Waals surface area contributed by atoms with Crippen LogP contribution in [0, 0.1) is 0 Å². The molecule has 2 N–H and O–H groups in total. The molecule has 3 rings (SSSR count). The van der Waals surface area contributed by atoms with Crippen LogP contribution in [0.15, 0.2) is 24.3 Å². The molecule has 1 aliphatic heterocycles. The molecule has 1 fully saturated rings. The Morgan fingerprint density at radius 3 is 2.70 bits per heavy atom. The molecule has 1 aromatic carbocycles. The number of rotatable bonds is 5. The maximum Gasteiger partial charge on any atom is 0.305 e. The second kappa shape index (κ2) is 5.91. The molecule has 1 aliphatic carbocycles. The standard InChI is InChI=1S/C16H18N2O5/c19-13(17-16(6-3-7-16)8-15(21)22)9-18-11-4-1-2-5-12(11)23-10-14(18)20/h1-2,4-5H,3,6-10H2,(H,17,19)(H,21,22). The molecule has 1 aromatic rings. The van der Waals surface area contributed by atoms with Crippen LogP contribution in [0.2, 0.25) is 0 Å². The highest BCUT2D eigenvalue weighted by Gasteiger charge is 2.41. The molecule has 7 nitrogen and oxygen atoms in total. The van der Waals surface area contributed by atoms with Crippen molar-refractivity contribution in [2.24, 2.45) is 0 Å². The number of ether oxygens (including phenoxy) is 1. The Hall–Kier alpha value is -2.57. The minimum atomic E-state index is -0.933. The third-order valence-corrected chi connectivity index (χ3v) is 4.31. The van der Waals surface area contributed by atoms with E-state index in [0.717, 1.165) is 6.42 Å². The first-order chi connectivity index (χ1) is 11.0. The Kier molecular flexibility index (Phi) is 3.94. The number of para-hydroxylation sites is 2. The third-order valence-electron chi connectivity index (χ3n) is 4.31. The maximum absolute atomic E-state index is 12.3. The predicted octanol–water partition coefficient (Wildman–Crippen LogP) is 0.926. The van der Waals surface area contributed by atoms with Crippen LogP contribution in [-0.4, -0.2) is 41.6 Å². The highest BCUT2D eigenvalue weighted by atomic mass is 16.5. The minimum absolute atomic E-state index is 0.0909. The Morgan fingerprint density at radius 1 is 1.30 bits per heavy atom. The summed E-state index contributed by atoms with van der Waals surface area (Å²) < 4.78 is 5.33. The van der Waals surface area contributed by atoms with Gasteiger partial charge in [-0.1, -0.05) is 12.1 Å². The molecule has 0 radical (unpaired) electrons. The highest BCUT2D eigenvalue weighted by Crippen LogP contribution is 2.35. The van der Waals surface area contributed by atoms with Crippen molar-refractivity contribution in [1.82, 2.24) is 5.32 Å². The monoisotopic (exact) mass is 318 g/mol. The van der Waals surface area contributed by atoms with Gasteiger partial charge in [0, 0.05) is 0 Å². The van der Waals surface area contributed by atoms with Crippen molar-refractivity contribution in [2.75, 3.05) is 18.1 Å². The summed E-state index contributed by atoms with van der Waals surface area (Å²) in [6.45, 7) is -0.245. The molecule has 2 amide bonds. The van der Waals surface area contributed by atoms with Crippen molar-refractivity contribution in [3.63, 3.8) is 0 Å². The van der Waals surface area contributed by atoms with Crippen molar-refractivity contribution in [3.8, 4) is 5.75 Å². The van der Waals surface area contributed by atoms with E-state index in [1.54, 1.807) is 24.3 Å². The quantitative estimate of drug-likeness (QED) is 0.842. The Labute approximate surface area is 133 Å². The molecule has 7 heteroatoms. The molecule has 1 heterocycles. The third kappa shape index (κ3) is 3.13. The average Bonchev–Trinajstić information content (AvgIpc) is 2.47. The van der Waals surface area contributed by atoms with Gasteiger partial charge in [0.05, 0.1) is 17.6 Å². The molecular formula is C16H18N2O5. The lowest BCUT2D eigenvalue weighted by Crippen LogP contribution is -2.57. The first-order valence-electron chi connectivity index (χ1n) is 7.54. The fourth-order valence-corrected chi connectivity index (χ4v) is 3.05. The molecule has 2 aliphatic rings. The number of anilines is 1. The van der Waals surface area contributed by atoms with Crippen molar-refractivity contribution in [2.45, 2.75) is 31.2 Å². The van der Waals surface area contributed by atoms with E-state index in [1.807, 2.05) is 0 Å². The van der Waals surface area contributed by atoms with Crippen LogP contribution in [0.4, 0.5) is 5.69 Å². The number of carbonyl (C=O) groups is 3. The van der Waals surface area contributed by atoms with Crippen LogP contribution in [0.25, 0.3) is 0 Å². The number of fused-ring (bicyclic) bond motifs is 1. The molecule has 0 aromatic heterocycles. The van der Waals surface area contributed by atoms with E-state index >= 15 is 0 Å². The fourth-order valence-electron chi connectivity index (χ4n) is 3.05. The number of carboxylic acid groups (broad SMARTS) is 1. The van der Waals surface area contributed by atoms with E-state index < -0.39 is 11.5 Å². The topological polar surface area (TPSA) is 95.9 Å². The Bertz CT molecular complexity index is 654. The lowest BCUT2D eigenvalue weighted by Gasteiger charge is -2.42. The van der Waals surface area contributed by atoms with Gasteiger partial charge in [-0.3, -0.25) is 19.3 Å². The van der Waals surface area contributed by atoms with Gasteiger partial charge in [0.2, 0.25) is 5.91 Å². The predicted molar refractivity (Wildman–Crippen MR) is 81.3 cm³/mol. The number of aliphatic carboxylic acids is 1. The largest absolute Gasteiger partial charge is 0.482 e. The second-order valence-corrected chi connectivity index (χ2v) is 5.99. The molecule has 0 bridgehead atoms. The number of amides is 2. The van der Waals surface area contributed by atoms with Gasteiger partial charge in [0.15, 0.2) is 6.61 Å². The van der Waals surface area contributed by atoms with Gasteiger partial charge in [-0.25, -0.2) is 0 Å². The van der Waals surface area contributed by atoms with Gasteiger partial charge in [-0.15, -0.1) is 0 Å².